The summed E-state index contributed by atoms with van der Waals surface area (Å²) in [5.74, 6) is 0.907. The molecule has 3 aromatic rings. The molecule has 0 fully saturated rings. The summed E-state index contributed by atoms with van der Waals surface area (Å²) < 4.78 is 5.70. The SMILES string of the molecule is [Cl-].c1ccc(-c2ccc[o+]c2-c2ccccc2)cc1. The van der Waals surface area contributed by atoms with E-state index in [9.17, 15) is 0 Å². The monoisotopic (exact) mass is 268 g/mol. The molecular formula is C17H13ClO. The van der Waals surface area contributed by atoms with Gasteiger partial charge in [-0.2, -0.15) is 0 Å². The lowest BCUT2D eigenvalue weighted by Gasteiger charge is -2.00. The lowest BCUT2D eigenvalue weighted by Crippen LogP contribution is -3.00. The molecule has 0 spiro atoms. The third kappa shape index (κ3) is 2.83. The van der Waals surface area contributed by atoms with Crippen molar-refractivity contribution < 1.29 is 16.8 Å². The van der Waals surface area contributed by atoms with Gasteiger partial charge in [-0.25, -0.2) is 4.42 Å². The number of rotatable bonds is 2. The quantitative estimate of drug-likeness (QED) is 0.646. The van der Waals surface area contributed by atoms with Crippen molar-refractivity contribution in [2.75, 3.05) is 0 Å². The third-order valence-corrected chi connectivity index (χ3v) is 2.89. The minimum absolute atomic E-state index is 0. The Morgan fingerprint density at radius 3 is 1.79 bits per heavy atom. The van der Waals surface area contributed by atoms with Crippen LogP contribution in [0.1, 0.15) is 0 Å². The number of halogens is 1. The second-order valence-electron chi connectivity index (χ2n) is 4.09. The van der Waals surface area contributed by atoms with E-state index in [1.165, 1.54) is 5.56 Å². The molecular weight excluding hydrogens is 256 g/mol. The summed E-state index contributed by atoms with van der Waals surface area (Å²) in [5.41, 5.74) is 3.38. The van der Waals surface area contributed by atoms with Gasteiger partial charge in [0, 0.05) is 6.07 Å². The fourth-order valence-electron chi connectivity index (χ4n) is 2.04. The molecule has 19 heavy (non-hydrogen) atoms. The molecule has 0 unspecified atom stereocenters. The molecule has 0 aliphatic rings. The zero-order valence-corrected chi connectivity index (χ0v) is 11.0. The van der Waals surface area contributed by atoms with Crippen molar-refractivity contribution in [2.45, 2.75) is 0 Å². The molecule has 0 aliphatic carbocycles. The van der Waals surface area contributed by atoms with E-state index >= 15 is 0 Å². The minimum Gasteiger partial charge on any atom is -1.00 e. The van der Waals surface area contributed by atoms with Crippen molar-refractivity contribution in [3.8, 4) is 22.5 Å². The van der Waals surface area contributed by atoms with Crippen LogP contribution < -0.4 is 12.4 Å². The van der Waals surface area contributed by atoms with E-state index in [4.69, 9.17) is 4.42 Å². The summed E-state index contributed by atoms with van der Waals surface area (Å²) in [6.45, 7) is 0. The van der Waals surface area contributed by atoms with Crippen molar-refractivity contribution in [3.05, 3.63) is 79.1 Å². The fourth-order valence-corrected chi connectivity index (χ4v) is 2.04. The first-order valence-electron chi connectivity index (χ1n) is 5.97. The van der Waals surface area contributed by atoms with Gasteiger partial charge < -0.3 is 12.4 Å². The van der Waals surface area contributed by atoms with E-state index in [2.05, 4.69) is 30.3 Å². The third-order valence-electron chi connectivity index (χ3n) is 2.89. The van der Waals surface area contributed by atoms with Crippen LogP contribution in [0, 0.1) is 0 Å². The molecule has 0 radical (unpaired) electrons. The molecule has 3 rings (SSSR count). The van der Waals surface area contributed by atoms with Crippen LogP contribution in [0.15, 0.2) is 83.5 Å². The Morgan fingerprint density at radius 1 is 0.579 bits per heavy atom. The highest BCUT2D eigenvalue weighted by Gasteiger charge is 2.17. The number of hydrogen-bond donors (Lipinski definition) is 0. The van der Waals surface area contributed by atoms with E-state index in [0.717, 1.165) is 16.9 Å². The van der Waals surface area contributed by atoms with E-state index < -0.39 is 0 Å². The maximum Gasteiger partial charge on any atom is 0.367 e. The van der Waals surface area contributed by atoms with E-state index in [0.29, 0.717) is 0 Å². The van der Waals surface area contributed by atoms with Crippen LogP contribution in [0.3, 0.4) is 0 Å². The summed E-state index contributed by atoms with van der Waals surface area (Å²) in [7, 11) is 0. The highest BCUT2D eigenvalue weighted by molar-refractivity contribution is 5.79. The zero-order valence-electron chi connectivity index (χ0n) is 10.3. The van der Waals surface area contributed by atoms with Crippen molar-refractivity contribution in [1.82, 2.24) is 0 Å². The van der Waals surface area contributed by atoms with Crippen LogP contribution in [0.2, 0.25) is 0 Å². The predicted molar refractivity (Wildman–Crippen MR) is 74.0 cm³/mol. The smallest absolute Gasteiger partial charge is 0.367 e. The van der Waals surface area contributed by atoms with Gasteiger partial charge in [0.15, 0.2) is 0 Å². The lowest BCUT2D eigenvalue weighted by molar-refractivity contribution is -0.00000388. The largest absolute Gasteiger partial charge is 1.00 e. The molecule has 2 heteroatoms. The molecule has 0 saturated heterocycles. The first kappa shape index (κ1) is 13.3. The molecule has 0 bridgehead atoms. The van der Waals surface area contributed by atoms with Crippen LogP contribution in [-0.2, 0) is 0 Å². The standard InChI is InChI=1S/C17H13O.ClH/c1-3-8-14(9-4-1)16-12-7-13-18-17(16)15-10-5-2-6-11-15;/h1-13H;1H/q+1;/p-1. The van der Waals surface area contributed by atoms with Gasteiger partial charge in [-0.05, 0) is 23.8 Å². The van der Waals surface area contributed by atoms with Crippen molar-refractivity contribution >= 4 is 0 Å². The maximum atomic E-state index is 5.70. The Bertz CT molecular complexity index is 577. The molecule has 1 heterocycles. The molecule has 2 aromatic carbocycles. The van der Waals surface area contributed by atoms with Crippen molar-refractivity contribution in [2.24, 2.45) is 0 Å². The highest BCUT2D eigenvalue weighted by Crippen LogP contribution is 2.31. The van der Waals surface area contributed by atoms with Crippen LogP contribution >= 0.6 is 0 Å². The first-order valence-corrected chi connectivity index (χ1v) is 5.97. The second kappa shape index (κ2) is 6.17. The Morgan fingerprint density at radius 2 is 1.16 bits per heavy atom. The van der Waals surface area contributed by atoms with Gasteiger partial charge in [-0.15, -0.1) is 0 Å². The van der Waals surface area contributed by atoms with Crippen LogP contribution in [0.5, 0.6) is 0 Å². The summed E-state index contributed by atoms with van der Waals surface area (Å²) in [6.07, 6.45) is 1.72. The Labute approximate surface area is 119 Å². The highest BCUT2D eigenvalue weighted by atomic mass is 35.5. The Balaban J connectivity index is 0.00000133. The van der Waals surface area contributed by atoms with Gasteiger partial charge in [0.1, 0.15) is 0 Å². The summed E-state index contributed by atoms with van der Waals surface area (Å²) in [6, 6.07) is 24.5. The van der Waals surface area contributed by atoms with E-state index in [1.54, 1.807) is 6.26 Å². The average molecular weight is 269 g/mol. The molecule has 94 valence electrons. The second-order valence-corrected chi connectivity index (χ2v) is 4.09. The van der Waals surface area contributed by atoms with Gasteiger partial charge in [0.2, 0.25) is 0 Å². The van der Waals surface area contributed by atoms with Crippen molar-refractivity contribution in [1.29, 1.82) is 0 Å². The number of hydrogen-bond acceptors (Lipinski definition) is 0. The topological polar surface area (TPSA) is 11.3 Å². The number of benzene rings is 2. The lowest BCUT2D eigenvalue weighted by atomic mass is 10.0. The van der Waals surface area contributed by atoms with Gasteiger partial charge in [-0.1, -0.05) is 48.5 Å². The molecule has 0 N–H and O–H groups in total. The molecule has 1 nitrogen and oxygen atoms in total. The molecule has 0 aliphatic heterocycles. The van der Waals surface area contributed by atoms with Crippen LogP contribution in [0.4, 0.5) is 0 Å². The normalized spacial score (nSPS) is 9.68. The predicted octanol–water partition coefficient (Wildman–Crippen LogP) is 1.90. The van der Waals surface area contributed by atoms with Crippen molar-refractivity contribution in [3.63, 3.8) is 0 Å². The molecule has 0 amide bonds. The Hall–Kier alpha value is -2.12. The molecule has 1 aromatic heterocycles. The van der Waals surface area contributed by atoms with Crippen LogP contribution in [-0.4, -0.2) is 0 Å². The van der Waals surface area contributed by atoms with Gasteiger partial charge >= 0.3 is 12.0 Å². The molecule has 0 atom stereocenters. The molecule has 0 saturated carbocycles. The average Bonchev–Trinajstić information content (AvgIpc) is 2.49. The Kier molecular flexibility index (Phi) is 4.32. The van der Waals surface area contributed by atoms with E-state index in [-0.39, 0.29) is 12.4 Å². The summed E-state index contributed by atoms with van der Waals surface area (Å²) >= 11 is 0. The zero-order chi connectivity index (χ0) is 12.2. The van der Waals surface area contributed by atoms with Gasteiger partial charge in [-0.3, -0.25) is 0 Å². The van der Waals surface area contributed by atoms with Crippen LogP contribution in [0.25, 0.3) is 22.5 Å². The van der Waals surface area contributed by atoms with Gasteiger partial charge in [0.05, 0.1) is 11.1 Å². The maximum absolute atomic E-state index is 5.70. The summed E-state index contributed by atoms with van der Waals surface area (Å²) in [4.78, 5) is 0. The fraction of sp³-hybridized carbons (Fsp3) is 0. The van der Waals surface area contributed by atoms with E-state index in [1.807, 2.05) is 42.5 Å². The minimum atomic E-state index is 0. The first-order chi connectivity index (χ1) is 8.95. The summed E-state index contributed by atoms with van der Waals surface area (Å²) in [5, 5.41) is 0. The van der Waals surface area contributed by atoms with Gasteiger partial charge in [0.25, 0.3) is 0 Å².